The molecule has 0 saturated heterocycles. The van der Waals surface area contributed by atoms with Crippen molar-refractivity contribution in [3.8, 4) is 11.3 Å². The van der Waals surface area contributed by atoms with Crippen molar-refractivity contribution in [3.05, 3.63) is 42.3 Å². The summed E-state index contributed by atoms with van der Waals surface area (Å²) in [5.74, 6) is 0. The van der Waals surface area contributed by atoms with E-state index in [0.717, 1.165) is 28.9 Å². The van der Waals surface area contributed by atoms with E-state index in [4.69, 9.17) is 4.52 Å². The first kappa shape index (κ1) is 9.21. The molecule has 0 aliphatic heterocycles. The molecule has 0 radical (unpaired) electrons. The van der Waals surface area contributed by atoms with Gasteiger partial charge in [-0.05, 0) is 18.6 Å². The van der Waals surface area contributed by atoms with Crippen LogP contribution in [0.5, 0.6) is 0 Å². The van der Waals surface area contributed by atoms with Gasteiger partial charge in [0, 0.05) is 10.9 Å². The summed E-state index contributed by atoms with van der Waals surface area (Å²) in [7, 11) is 0. The zero-order valence-corrected chi connectivity index (χ0v) is 9.03. The number of rotatable bonds is 2. The lowest BCUT2D eigenvalue weighted by Gasteiger charge is -1.93. The molecule has 3 rings (SSSR count). The van der Waals surface area contributed by atoms with Crippen LogP contribution >= 0.6 is 0 Å². The summed E-state index contributed by atoms with van der Waals surface area (Å²) in [4.78, 5) is 3.37. The molecule has 0 fully saturated rings. The highest BCUT2D eigenvalue weighted by Crippen LogP contribution is 2.26. The van der Waals surface area contributed by atoms with Gasteiger partial charge < -0.3 is 9.51 Å². The number of hydrogen-bond acceptors (Lipinski definition) is 2. The summed E-state index contributed by atoms with van der Waals surface area (Å²) in [6.07, 6.45) is 2.57. The lowest BCUT2D eigenvalue weighted by atomic mass is 10.1. The summed E-state index contributed by atoms with van der Waals surface area (Å²) < 4.78 is 5.02. The monoisotopic (exact) mass is 212 g/mol. The fourth-order valence-corrected chi connectivity index (χ4v) is 1.95. The maximum Gasteiger partial charge on any atom is 0.133 e. The second-order valence-electron chi connectivity index (χ2n) is 3.80. The highest BCUT2D eigenvalue weighted by Gasteiger charge is 2.10. The summed E-state index contributed by atoms with van der Waals surface area (Å²) in [6.45, 7) is 2.07. The fourth-order valence-electron chi connectivity index (χ4n) is 1.95. The predicted octanol–water partition coefficient (Wildman–Crippen LogP) is 3.39. The number of aromatic amines is 1. The molecular formula is C13H12N2O. The van der Waals surface area contributed by atoms with E-state index in [1.165, 1.54) is 5.39 Å². The molecule has 0 unspecified atom stereocenters. The highest BCUT2D eigenvalue weighted by atomic mass is 16.5. The van der Waals surface area contributed by atoms with Crippen molar-refractivity contribution in [2.45, 2.75) is 13.3 Å². The van der Waals surface area contributed by atoms with Crippen molar-refractivity contribution >= 4 is 10.9 Å². The molecule has 2 heterocycles. The molecule has 3 nitrogen and oxygen atoms in total. The van der Waals surface area contributed by atoms with Crippen LogP contribution in [0.15, 0.2) is 41.1 Å². The predicted molar refractivity (Wildman–Crippen MR) is 63.2 cm³/mol. The number of para-hydroxylation sites is 1. The molecule has 0 aliphatic rings. The zero-order valence-electron chi connectivity index (χ0n) is 9.03. The van der Waals surface area contributed by atoms with Crippen LogP contribution in [0.25, 0.3) is 22.2 Å². The SMILES string of the molecule is CCc1nocc1-c1cc2ccccc2[nH]1. The topological polar surface area (TPSA) is 41.8 Å². The highest BCUT2D eigenvalue weighted by molar-refractivity contribution is 5.85. The minimum Gasteiger partial charge on any atom is -0.364 e. The van der Waals surface area contributed by atoms with Crippen LogP contribution < -0.4 is 0 Å². The van der Waals surface area contributed by atoms with Gasteiger partial charge in [0.15, 0.2) is 0 Å². The number of aryl methyl sites for hydroxylation is 1. The Bertz CT molecular complexity index is 588. The minimum atomic E-state index is 0.876. The Morgan fingerprint density at radius 1 is 1.31 bits per heavy atom. The third-order valence-electron chi connectivity index (χ3n) is 2.80. The number of benzene rings is 1. The third kappa shape index (κ3) is 1.33. The van der Waals surface area contributed by atoms with Crippen LogP contribution in [-0.4, -0.2) is 10.1 Å². The number of aromatic nitrogens is 2. The normalized spacial score (nSPS) is 11.1. The largest absolute Gasteiger partial charge is 0.364 e. The molecule has 16 heavy (non-hydrogen) atoms. The summed E-state index contributed by atoms with van der Waals surface area (Å²) in [5, 5.41) is 5.20. The Kier molecular flexibility index (Phi) is 2.03. The molecule has 0 spiro atoms. The van der Waals surface area contributed by atoms with Crippen LogP contribution in [0, 0.1) is 0 Å². The quantitative estimate of drug-likeness (QED) is 0.707. The van der Waals surface area contributed by atoms with Crippen LogP contribution in [0.4, 0.5) is 0 Å². The lowest BCUT2D eigenvalue weighted by Crippen LogP contribution is -1.83. The lowest BCUT2D eigenvalue weighted by molar-refractivity contribution is 0.412. The molecule has 1 aromatic carbocycles. The first-order chi connectivity index (χ1) is 7.88. The molecule has 80 valence electrons. The van der Waals surface area contributed by atoms with Gasteiger partial charge in [0.2, 0.25) is 0 Å². The van der Waals surface area contributed by atoms with Gasteiger partial charge in [0.1, 0.15) is 6.26 Å². The second kappa shape index (κ2) is 3.52. The van der Waals surface area contributed by atoms with E-state index in [9.17, 15) is 0 Å². The van der Waals surface area contributed by atoms with Gasteiger partial charge in [0.25, 0.3) is 0 Å². The standard InChI is InChI=1S/C13H12N2O/c1-2-11-10(8-16-15-11)13-7-9-5-3-4-6-12(9)14-13/h3-8,14H,2H2,1H3. The summed E-state index contributed by atoms with van der Waals surface area (Å²) >= 11 is 0. The smallest absolute Gasteiger partial charge is 0.133 e. The van der Waals surface area contributed by atoms with Gasteiger partial charge in [-0.2, -0.15) is 0 Å². The van der Waals surface area contributed by atoms with E-state index >= 15 is 0 Å². The zero-order chi connectivity index (χ0) is 11.0. The molecule has 0 aliphatic carbocycles. The maximum atomic E-state index is 5.02. The number of fused-ring (bicyclic) bond motifs is 1. The van der Waals surface area contributed by atoms with Crippen molar-refractivity contribution in [2.75, 3.05) is 0 Å². The van der Waals surface area contributed by atoms with Crippen LogP contribution in [0.2, 0.25) is 0 Å². The van der Waals surface area contributed by atoms with Crippen LogP contribution in [-0.2, 0) is 6.42 Å². The third-order valence-corrected chi connectivity index (χ3v) is 2.80. The van der Waals surface area contributed by atoms with Gasteiger partial charge >= 0.3 is 0 Å². The Morgan fingerprint density at radius 2 is 2.19 bits per heavy atom. The number of H-pyrrole nitrogens is 1. The van der Waals surface area contributed by atoms with E-state index in [2.05, 4.69) is 35.3 Å². The fraction of sp³-hybridized carbons (Fsp3) is 0.154. The second-order valence-corrected chi connectivity index (χ2v) is 3.80. The average Bonchev–Trinajstić information content (AvgIpc) is 2.94. The first-order valence-electron chi connectivity index (χ1n) is 5.40. The molecule has 2 aromatic heterocycles. The van der Waals surface area contributed by atoms with E-state index in [0.29, 0.717) is 0 Å². The number of nitrogens with one attached hydrogen (secondary N) is 1. The molecular weight excluding hydrogens is 200 g/mol. The van der Waals surface area contributed by atoms with E-state index in [1.807, 2.05) is 12.1 Å². The van der Waals surface area contributed by atoms with E-state index in [1.54, 1.807) is 6.26 Å². The molecule has 0 amide bonds. The molecule has 0 bridgehead atoms. The van der Waals surface area contributed by atoms with Gasteiger partial charge in [-0.15, -0.1) is 0 Å². The summed E-state index contributed by atoms with van der Waals surface area (Å²) in [6, 6.07) is 10.3. The van der Waals surface area contributed by atoms with Crippen molar-refractivity contribution < 1.29 is 4.52 Å². The van der Waals surface area contributed by atoms with Crippen molar-refractivity contribution in [1.82, 2.24) is 10.1 Å². The average molecular weight is 212 g/mol. The van der Waals surface area contributed by atoms with Crippen LogP contribution in [0.3, 0.4) is 0 Å². The Balaban J connectivity index is 2.19. The van der Waals surface area contributed by atoms with E-state index < -0.39 is 0 Å². The van der Waals surface area contributed by atoms with Crippen molar-refractivity contribution in [2.24, 2.45) is 0 Å². The van der Waals surface area contributed by atoms with Gasteiger partial charge in [0.05, 0.1) is 17.0 Å². The Hall–Kier alpha value is -2.03. The Labute approximate surface area is 93.1 Å². The van der Waals surface area contributed by atoms with Crippen molar-refractivity contribution in [1.29, 1.82) is 0 Å². The Morgan fingerprint density at radius 3 is 3.00 bits per heavy atom. The molecule has 1 N–H and O–H groups in total. The van der Waals surface area contributed by atoms with Gasteiger partial charge in [-0.1, -0.05) is 30.3 Å². The molecule has 0 atom stereocenters. The molecule has 3 heteroatoms. The van der Waals surface area contributed by atoms with Crippen molar-refractivity contribution in [3.63, 3.8) is 0 Å². The molecule has 3 aromatic rings. The van der Waals surface area contributed by atoms with Gasteiger partial charge in [-0.3, -0.25) is 0 Å². The summed E-state index contributed by atoms with van der Waals surface area (Å²) in [5.41, 5.74) is 4.25. The number of hydrogen-bond donors (Lipinski definition) is 1. The van der Waals surface area contributed by atoms with E-state index in [-0.39, 0.29) is 0 Å². The first-order valence-corrected chi connectivity index (χ1v) is 5.40. The minimum absolute atomic E-state index is 0.876. The maximum absolute atomic E-state index is 5.02. The van der Waals surface area contributed by atoms with Crippen LogP contribution in [0.1, 0.15) is 12.6 Å². The number of nitrogens with zero attached hydrogens (tertiary/aromatic N) is 1. The molecule has 0 saturated carbocycles. The van der Waals surface area contributed by atoms with Gasteiger partial charge in [-0.25, -0.2) is 0 Å².